The smallest absolute Gasteiger partial charge is 0.124 e. The second kappa shape index (κ2) is 11.5. The van der Waals surface area contributed by atoms with Gasteiger partial charge in [-0.1, -0.05) is 19.9 Å². The Balaban J connectivity index is 0. The standard InChI is InChI=1S/C7H7FS.C2H6.CH4O/c1-9-7-4-2-3-6(8)5-7;2*1-2/h2-5H,1H3;1-2H3;2H,1H3. The molecule has 1 N–H and O–H groups in total. The van der Waals surface area contributed by atoms with Gasteiger partial charge in [0, 0.05) is 12.0 Å². The van der Waals surface area contributed by atoms with E-state index in [0.717, 1.165) is 12.0 Å². The summed E-state index contributed by atoms with van der Waals surface area (Å²) in [6.45, 7) is 4.00. The van der Waals surface area contributed by atoms with Gasteiger partial charge in [0.1, 0.15) is 5.82 Å². The Kier molecular flexibility index (Phi) is 13.2. The zero-order chi connectivity index (χ0) is 10.7. The average Bonchev–Trinajstić information content (AvgIpc) is 2.24. The van der Waals surface area contributed by atoms with Crippen molar-refractivity contribution in [3.8, 4) is 0 Å². The molecule has 0 amide bonds. The number of hydrogen-bond donors (Lipinski definition) is 1. The fraction of sp³-hybridized carbons (Fsp3) is 0.400. The highest BCUT2D eigenvalue weighted by atomic mass is 32.2. The molecule has 0 saturated heterocycles. The van der Waals surface area contributed by atoms with Crippen LogP contribution >= 0.6 is 11.8 Å². The zero-order valence-corrected chi connectivity index (χ0v) is 9.36. The minimum Gasteiger partial charge on any atom is -0.400 e. The lowest BCUT2D eigenvalue weighted by atomic mass is 10.4. The molecule has 0 heterocycles. The van der Waals surface area contributed by atoms with Crippen molar-refractivity contribution < 1.29 is 9.50 Å². The molecule has 13 heavy (non-hydrogen) atoms. The highest BCUT2D eigenvalue weighted by Crippen LogP contribution is 2.14. The largest absolute Gasteiger partial charge is 0.400 e. The maximum atomic E-state index is 12.3. The number of halogens is 1. The molecule has 0 spiro atoms. The Labute approximate surface area is 84.0 Å². The van der Waals surface area contributed by atoms with Crippen LogP contribution in [0, 0.1) is 5.82 Å². The molecule has 1 rings (SSSR count). The van der Waals surface area contributed by atoms with Crippen LogP contribution in [0.2, 0.25) is 0 Å². The summed E-state index contributed by atoms with van der Waals surface area (Å²) >= 11 is 1.54. The molecule has 1 aromatic carbocycles. The molecule has 0 aliphatic heterocycles. The van der Waals surface area contributed by atoms with Gasteiger partial charge in [0.25, 0.3) is 0 Å². The first-order chi connectivity index (χ1) is 6.33. The van der Waals surface area contributed by atoms with Crippen LogP contribution in [-0.4, -0.2) is 18.5 Å². The molecule has 1 aromatic rings. The molecule has 0 radical (unpaired) electrons. The van der Waals surface area contributed by atoms with E-state index in [1.165, 1.54) is 12.1 Å². The molecule has 0 aromatic heterocycles. The third-order valence-corrected chi connectivity index (χ3v) is 1.76. The fourth-order valence-corrected chi connectivity index (χ4v) is 1.04. The van der Waals surface area contributed by atoms with Crippen LogP contribution in [0.15, 0.2) is 29.2 Å². The third kappa shape index (κ3) is 7.81. The van der Waals surface area contributed by atoms with E-state index < -0.39 is 0 Å². The van der Waals surface area contributed by atoms with Crippen molar-refractivity contribution in [3.05, 3.63) is 30.1 Å². The fourth-order valence-electron chi connectivity index (χ4n) is 0.594. The van der Waals surface area contributed by atoms with Crippen molar-refractivity contribution in [2.45, 2.75) is 18.7 Å². The Bertz CT molecular complexity index is 204. The number of rotatable bonds is 1. The quantitative estimate of drug-likeness (QED) is 0.709. The minimum atomic E-state index is -0.165. The van der Waals surface area contributed by atoms with E-state index in [4.69, 9.17) is 5.11 Å². The predicted molar refractivity (Wildman–Crippen MR) is 57.7 cm³/mol. The van der Waals surface area contributed by atoms with Gasteiger partial charge in [0.2, 0.25) is 0 Å². The highest BCUT2D eigenvalue weighted by molar-refractivity contribution is 7.98. The van der Waals surface area contributed by atoms with Gasteiger partial charge in [0.05, 0.1) is 0 Å². The summed E-state index contributed by atoms with van der Waals surface area (Å²) in [5.74, 6) is -0.165. The maximum absolute atomic E-state index is 12.3. The molecule has 0 unspecified atom stereocenters. The van der Waals surface area contributed by atoms with Crippen LogP contribution in [0.4, 0.5) is 4.39 Å². The Hall–Kier alpha value is -0.540. The van der Waals surface area contributed by atoms with Gasteiger partial charge in [-0.05, 0) is 24.5 Å². The SMILES string of the molecule is CC.CO.CSc1cccc(F)c1. The van der Waals surface area contributed by atoms with Gasteiger partial charge in [-0.25, -0.2) is 4.39 Å². The molecule has 0 fully saturated rings. The Morgan fingerprint density at radius 2 is 1.77 bits per heavy atom. The lowest BCUT2D eigenvalue weighted by Gasteiger charge is -1.92. The van der Waals surface area contributed by atoms with Gasteiger partial charge in [-0.3, -0.25) is 0 Å². The normalized spacial score (nSPS) is 7.54. The first-order valence-corrected chi connectivity index (χ1v) is 5.29. The number of benzene rings is 1. The summed E-state index contributed by atoms with van der Waals surface area (Å²) in [7, 11) is 1.00. The Morgan fingerprint density at radius 3 is 2.08 bits per heavy atom. The molecule has 0 saturated carbocycles. The summed E-state index contributed by atoms with van der Waals surface area (Å²) < 4.78 is 12.3. The second-order valence-corrected chi connectivity index (χ2v) is 2.54. The lowest BCUT2D eigenvalue weighted by Crippen LogP contribution is -1.72. The summed E-state index contributed by atoms with van der Waals surface area (Å²) in [6.07, 6.45) is 1.93. The van der Waals surface area contributed by atoms with Crippen LogP contribution in [0.25, 0.3) is 0 Å². The van der Waals surface area contributed by atoms with Crippen LogP contribution < -0.4 is 0 Å². The van der Waals surface area contributed by atoms with Gasteiger partial charge in [-0.15, -0.1) is 11.8 Å². The predicted octanol–water partition coefficient (Wildman–Crippen LogP) is 3.18. The number of aliphatic hydroxyl groups excluding tert-OH is 1. The molecule has 0 bridgehead atoms. The minimum absolute atomic E-state index is 0.165. The first-order valence-electron chi connectivity index (χ1n) is 4.07. The van der Waals surface area contributed by atoms with Gasteiger partial charge >= 0.3 is 0 Å². The lowest BCUT2D eigenvalue weighted by molar-refractivity contribution is 0.399. The number of thioether (sulfide) groups is 1. The summed E-state index contributed by atoms with van der Waals surface area (Å²) in [6, 6.07) is 6.55. The van der Waals surface area contributed by atoms with E-state index in [9.17, 15) is 4.39 Å². The molecule has 76 valence electrons. The maximum Gasteiger partial charge on any atom is 0.124 e. The zero-order valence-electron chi connectivity index (χ0n) is 8.54. The molecular weight excluding hydrogens is 187 g/mol. The molecule has 3 heteroatoms. The molecular formula is C10H17FOS. The van der Waals surface area contributed by atoms with Crippen molar-refractivity contribution in [1.82, 2.24) is 0 Å². The van der Waals surface area contributed by atoms with Gasteiger partial charge in [0.15, 0.2) is 0 Å². The van der Waals surface area contributed by atoms with E-state index in [2.05, 4.69) is 0 Å². The van der Waals surface area contributed by atoms with Crippen LogP contribution in [0.5, 0.6) is 0 Å². The Morgan fingerprint density at radius 1 is 1.23 bits per heavy atom. The molecule has 0 aliphatic rings. The van der Waals surface area contributed by atoms with Crippen LogP contribution in [0.1, 0.15) is 13.8 Å². The van der Waals surface area contributed by atoms with Crippen molar-refractivity contribution in [3.63, 3.8) is 0 Å². The van der Waals surface area contributed by atoms with Crippen molar-refractivity contribution >= 4 is 11.8 Å². The topological polar surface area (TPSA) is 20.2 Å². The van der Waals surface area contributed by atoms with E-state index >= 15 is 0 Å². The van der Waals surface area contributed by atoms with E-state index in [-0.39, 0.29) is 5.82 Å². The van der Waals surface area contributed by atoms with E-state index in [0.29, 0.717) is 0 Å². The molecule has 0 aliphatic carbocycles. The highest BCUT2D eigenvalue weighted by Gasteiger charge is 1.89. The average molecular weight is 204 g/mol. The van der Waals surface area contributed by atoms with Crippen molar-refractivity contribution in [2.75, 3.05) is 13.4 Å². The third-order valence-electron chi connectivity index (χ3n) is 1.03. The monoisotopic (exact) mass is 204 g/mol. The summed E-state index contributed by atoms with van der Waals surface area (Å²) in [5.41, 5.74) is 0. The first kappa shape index (κ1) is 15.0. The van der Waals surface area contributed by atoms with E-state index in [1.807, 2.05) is 26.2 Å². The number of hydrogen-bond acceptors (Lipinski definition) is 2. The van der Waals surface area contributed by atoms with Crippen molar-refractivity contribution in [2.24, 2.45) is 0 Å². The second-order valence-electron chi connectivity index (χ2n) is 1.66. The van der Waals surface area contributed by atoms with Crippen LogP contribution in [0.3, 0.4) is 0 Å². The number of aliphatic hydroxyl groups is 1. The molecule has 0 atom stereocenters. The summed E-state index contributed by atoms with van der Waals surface area (Å²) in [4.78, 5) is 0.968. The van der Waals surface area contributed by atoms with E-state index in [1.54, 1.807) is 17.8 Å². The van der Waals surface area contributed by atoms with Crippen molar-refractivity contribution in [1.29, 1.82) is 0 Å². The van der Waals surface area contributed by atoms with Gasteiger partial charge < -0.3 is 5.11 Å². The van der Waals surface area contributed by atoms with Gasteiger partial charge in [-0.2, -0.15) is 0 Å². The van der Waals surface area contributed by atoms with Crippen LogP contribution in [-0.2, 0) is 0 Å². The summed E-state index contributed by atoms with van der Waals surface area (Å²) in [5, 5.41) is 7.00. The molecule has 1 nitrogen and oxygen atoms in total.